The molecule has 3 heteroatoms. The van der Waals surface area contributed by atoms with Crippen molar-refractivity contribution in [2.24, 2.45) is 0 Å². The van der Waals surface area contributed by atoms with Crippen molar-refractivity contribution in [1.29, 1.82) is 0 Å². The average Bonchev–Trinajstić information content (AvgIpc) is 2.25. The van der Waals surface area contributed by atoms with Crippen LogP contribution in [0.4, 0.5) is 0 Å². The normalized spacial score (nSPS) is 12.4. The minimum Gasteiger partial charge on any atom is -0.305 e. The van der Waals surface area contributed by atoms with Crippen LogP contribution >= 0.6 is 24.8 Å². The van der Waals surface area contributed by atoms with Crippen LogP contribution in [0.5, 0.6) is 0 Å². The van der Waals surface area contributed by atoms with E-state index in [2.05, 4.69) is 37.0 Å². The van der Waals surface area contributed by atoms with E-state index < -0.39 is 0 Å². The van der Waals surface area contributed by atoms with Crippen molar-refractivity contribution in [3.8, 4) is 0 Å². The van der Waals surface area contributed by atoms with Crippen molar-refractivity contribution in [2.75, 3.05) is 6.54 Å². The van der Waals surface area contributed by atoms with Gasteiger partial charge in [0.25, 0.3) is 0 Å². The molecule has 1 nitrogen and oxygen atoms in total. The maximum Gasteiger partial charge on any atom is 0.0738 e. The highest BCUT2D eigenvalue weighted by molar-refractivity contribution is 8.11. The number of benzene rings is 1. The van der Waals surface area contributed by atoms with Crippen LogP contribution in [-0.4, -0.2) is 10.7 Å². The smallest absolute Gasteiger partial charge is 0.0738 e. The maximum atomic E-state index is 5.15. The number of thiocarbonyl (C=S) groups is 1. The molecule has 0 aliphatic carbocycles. The molecule has 0 saturated carbocycles. The molecule has 1 aromatic rings. The molecule has 1 rings (SSSR count). The molecule has 82 valence electrons. The van der Waals surface area contributed by atoms with E-state index in [1.165, 1.54) is 18.4 Å². The van der Waals surface area contributed by atoms with Crippen LogP contribution in [0.2, 0.25) is 0 Å². The van der Waals surface area contributed by atoms with Gasteiger partial charge in [-0.3, -0.25) is 0 Å². The molecular weight excluding hydrogens is 222 g/mol. The van der Waals surface area contributed by atoms with Gasteiger partial charge in [-0.15, -0.1) is 12.6 Å². The van der Waals surface area contributed by atoms with Crippen LogP contribution in [0.1, 0.15) is 31.4 Å². The Labute approximate surface area is 103 Å². The molecule has 1 atom stereocenters. The number of unbranched alkanes of at least 4 members (excludes halogenated alkanes) is 1. The van der Waals surface area contributed by atoms with Gasteiger partial charge < -0.3 is 5.32 Å². The Kier molecular flexibility index (Phi) is 5.91. The van der Waals surface area contributed by atoms with E-state index in [1.54, 1.807) is 0 Å². The summed E-state index contributed by atoms with van der Waals surface area (Å²) < 4.78 is 0.706. The highest BCUT2D eigenvalue weighted by Crippen LogP contribution is 2.16. The molecule has 15 heavy (non-hydrogen) atoms. The number of rotatable bonds is 6. The van der Waals surface area contributed by atoms with Crippen molar-refractivity contribution in [2.45, 2.75) is 25.8 Å². The lowest BCUT2D eigenvalue weighted by molar-refractivity contribution is 0.617. The van der Waals surface area contributed by atoms with Gasteiger partial charge in [0, 0.05) is 0 Å². The lowest BCUT2D eigenvalue weighted by atomic mass is 10.1. The van der Waals surface area contributed by atoms with E-state index in [9.17, 15) is 0 Å². The molecule has 1 N–H and O–H groups in total. The summed E-state index contributed by atoms with van der Waals surface area (Å²) in [5, 5.41) is 3.42. The van der Waals surface area contributed by atoms with E-state index in [0.29, 0.717) is 4.20 Å². The van der Waals surface area contributed by atoms with E-state index >= 15 is 0 Å². The molecule has 0 radical (unpaired) electrons. The summed E-state index contributed by atoms with van der Waals surface area (Å²) in [6.07, 6.45) is 2.35. The molecular formula is C12H17NS2. The van der Waals surface area contributed by atoms with E-state index in [-0.39, 0.29) is 6.04 Å². The van der Waals surface area contributed by atoms with E-state index in [1.807, 2.05) is 18.2 Å². The predicted molar refractivity (Wildman–Crippen MR) is 73.7 cm³/mol. The van der Waals surface area contributed by atoms with Gasteiger partial charge in [0.2, 0.25) is 0 Å². The van der Waals surface area contributed by atoms with Crippen LogP contribution in [0.3, 0.4) is 0 Å². The Morgan fingerprint density at radius 2 is 2.07 bits per heavy atom. The molecule has 0 saturated heterocycles. The molecule has 0 spiro atoms. The first-order chi connectivity index (χ1) is 7.25. The first kappa shape index (κ1) is 12.7. The van der Waals surface area contributed by atoms with Gasteiger partial charge in [0.15, 0.2) is 0 Å². The molecule has 0 heterocycles. The van der Waals surface area contributed by atoms with E-state index in [0.717, 1.165) is 6.54 Å². The van der Waals surface area contributed by atoms with Gasteiger partial charge in [-0.25, -0.2) is 0 Å². The third-order valence-corrected chi connectivity index (χ3v) is 2.75. The fourth-order valence-electron chi connectivity index (χ4n) is 1.42. The third kappa shape index (κ3) is 4.33. The second kappa shape index (κ2) is 6.99. The highest BCUT2D eigenvalue weighted by Gasteiger charge is 2.12. The van der Waals surface area contributed by atoms with Gasteiger partial charge in [-0.1, -0.05) is 55.9 Å². The van der Waals surface area contributed by atoms with Crippen LogP contribution in [-0.2, 0) is 0 Å². The fourth-order valence-corrected chi connectivity index (χ4v) is 1.88. The SMILES string of the molecule is CCCCNC(C(=S)S)c1ccccc1. The monoisotopic (exact) mass is 239 g/mol. The molecule has 1 aromatic carbocycles. The lowest BCUT2D eigenvalue weighted by Crippen LogP contribution is -2.26. The zero-order valence-electron chi connectivity index (χ0n) is 8.94. The first-order valence-electron chi connectivity index (χ1n) is 5.27. The summed E-state index contributed by atoms with van der Waals surface area (Å²) in [5.41, 5.74) is 1.19. The summed E-state index contributed by atoms with van der Waals surface area (Å²) in [5.74, 6) is 0. The minimum atomic E-state index is 0.0936. The Morgan fingerprint density at radius 1 is 1.40 bits per heavy atom. The summed E-state index contributed by atoms with van der Waals surface area (Å²) in [6, 6.07) is 10.3. The molecule has 1 unspecified atom stereocenters. The molecule has 0 aromatic heterocycles. The summed E-state index contributed by atoms with van der Waals surface area (Å²) in [6.45, 7) is 3.16. The summed E-state index contributed by atoms with van der Waals surface area (Å²) in [4.78, 5) is 0. The largest absolute Gasteiger partial charge is 0.305 e. The van der Waals surface area contributed by atoms with E-state index in [4.69, 9.17) is 12.2 Å². The second-order valence-corrected chi connectivity index (χ2v) is 4.71. The Hall–Kier alpha value is -0.380. The number of hydrogen-bond donors (Lipinski definition) is 2. The van der Waals surface area contributed by atoms with Gasteiger partial charge in [-0.2, -0.15) is 0 Å². The molecule has 0 aliphatic heterocycles. The second-order valence-electron chi connectivity index (χ2n) is 3.49. The van der Waals surface area contributed by atoms with Gasteiger partial charge in [0.05, 0.1) is 10.2 Å². The molecule has 0 aliphatic rings. The topological polar surface area (TPSA) is 12.0 Å². The quantitative estimate of drug-likeness (QED) is 0.448. The third-order valence-electron chi connectivity index (χ3n) is 2.26. The Morgan fingerprint density at radius 3 is 2.60 bits per heavy atom. The van der Waals surface area contributed by atoms with Crippen molar-refractivity contribution in [3.63, 3.8) is 0 Å². The van der Waals surface area contributed by atoms with Gasteiger partial charge in [-0.05, 0) is 18.5 Å². The molecule has 0 fully saturated rings. The van der Waals surface area contributed by atoms with Gasteiger partial charge in [0.1, 0.15) is 0 Å². The number of nitrogens with one attached hydrogen (secondary N) is 1. The van der Waals surface area contributed by atoms with Crippen LogP contribution in [0, 0.1) is 0 Å². The van der Waals surface area contributed by atoms with Crippen molar-refractivity contribution < 1.29 is 0 Å². The van der Waals surface area contributed by atoms with Crippen LogP contribution < -0.4 is 5.32 Å². The average molecular weight is 239 g/mol. The fraction of sp³-hybridized carbons (Fsp3) is 0.417. The Balaban J connectivity index is 2.62. The van der Waals surface area contributed by atoms with Gasteiger partial charge >= 0.3 is 0 Å². The highest BCUT2D eigenvalue weighted by atomic mass is 32.1. The maximum absolute atomic E-state index is 5.15. The standard InChI is InChI=1S/C12H17NS2/c1-2-3-9-13-11(12(14)15)10-7-5-4-6-8-10/h4-8,11,13H,2-3,9H2,1H3,(H,14,15). The molecule has 0 bridgehead atoms. The summed E-state index contributed by atoms with van der Waals surface area (Å²) >= 11 is 9.43. The van der Waals surface area contributed by atoms with Crippen molar-refractivity contribution >= 4 is 29.0 Å². The molecule has 0 amide bonds. The zero-order valence-corrected chi connectivity index (χ0v) is 10.7. The zero-order chi connectivity index (χ0) is 11.1. The number of hydrogen-bond acceptors (Lipinski definition) is 2. The predicted octanol–water partition coefficient (Wildman–Crippen LogP) is 3.37. The van der Waals surface area contributed by atoms with Crippen molar-refractivity contribution in [3.05, 3.63) is 35.9 Å². The lowest BCUT2D eigenvalue weighted by Gasteiger charge is -2.17. The first-order valence-corrected chi connectivity index (χ1v) is 6.12. The van der Waals surface area contributed by atoms with Crippen LogP contribution in [0.25, 0.3) is 0 Å². The summed E-state index contributed by atoms with van der Waals surface area (Å²) in [7, 11) is 0. The minimum absolute atomic E-state index is 0.0936. The Bertz CT molecular complexity index is 298. The number of thiol groups is 1. The van der Waals surface area contributed by atoms with Crippen molar-refractivity contribution in [1.82, 2.24) is 5.32 Å². The van der Waals surface area contributed by atoms with Crippen LogP contribution in [0.15, 0.2) is 30.3 Å².